The maximum absolute atomic E-state index is 11.8. The van der Waals surface area contributed by atoms with Crippen LogP contribution in [0.3, 0.4) is 0 Å². The third-order valence-electron chi connectivity index (χ3n) is 2.35. The van der Waals surface area contributed by atoms with Gasteiger partial charge in [0.25, 0.3) is 0 Å². The van der Waals surface area contributed by atoms with Gasteiger partial charge in [-0.25, -0.2) is 4.79 Å². The van der Waals surface area contributed by atoms with Crippen molar-refractivity contribution in [2.75, 3.05) is 6.54 Å². The Balaban J connectivity index is 2.64. The third-order valence-corrected chi connectivity index (χ3v) is 2.35. The zero-order valence-corrected chi connectivity index (χ0v) is 9.93. The number of rotatable bonds is 1. The quantitative estimate of drug-likeness (QED) is 0.730. The predicted molar refractivity (Wildman–Crippen MR) is 57.6 cm³/mol. The molecule has 0 saturated carbocycles. The lowest BCUT2D eigenvalue weighted by Crippen LogP contribution is -2.40. The van der Waals surface area contributed by atoms with Gasteiger partial charge in [0, 0.05) is 0 Å². The molecule has 5 heteroatoms. The topological polar surface area (TPSA) is 73.6 Å². The van der Waals surface area contributed by atoms with Crippen molar-refractivity contribution in [2.24, 2.45) is 0 Å². The second-order valence-corrected chi connectivity index (χ2v) is 5.04. The molecule has 0 spiro atoms. The molecule has 1 aliphatic rings. The Hall–Kier alpha value is -1.28. The number of hydrogen-bond donors (Lipinski definition) is 1. The van der Waals surface area contributed by atoms with Crippen molar-refractivity contribution >= 4 is 6.09 Å². The molecule has 0 aromatic heterocycles. The smallest absolute Gasteiger partial charge is 0.410 e. The molecule has 1 fully saturated rings. The molecule has 0 radical (unpaired) electrons. The van der Waals surface area contributed by atoms with Gasteiger partial charge in [0.15, 0.2) is 0 Å². The molecule has 2 atom stereocenters. The van der Waals surface area contributed by atoms with E-state index in [0.29, 0.717) is 6.42 Å². The minimum atomic E-state index is -0.554. The fourth-order valence-electron chi connectivity index (χ4n) is 1.74. The standard InChI is InChI=1S/C11H18N2O3/c1-11(2,3)16-10(15)13-7-9(14)6-8(13)4-5-12/h8-9,14H,4,6-7H2,1-3H3. The van der Waals surface area contributed by atoms with E-state index in [0.717, 1.165) is 0 Å². The minimum absolute atomic E-state index is 0.227. The van der Waals surface area contributed by atoms with Gasteiger partial charge in [-0.3, -0.25) is 0 Å². The van der Waals surface area contributed by atoms with Crippen LogP contribution in [0.15, 0.2) is 0 Å². The lowest BCUT2D eigenvalue weighted by Gasteiger charge is -2.27. The maximum atomic E-state index is 11.8. The molecule has 1 rings (SSSR count). The zero-order chi connectivity index (χ0) is 12.3. The van der Waals surface area contributed by atoms with E-state index in [1.807, 2.05) is 6.07 Å². The fraction of sp³-hybridized carbons (Fsp3) is 0.818. The van der Waals surface area contributed by atoms with E-state index < -0.39 is 17.8 Å². The van der Waals surface area contributed by atoms with E-state index in [2.05, 4.69) is 0 Å². The first-order valence-corrected chi connectivity index (χ1v) is 5.38. The van der Waals surface area contributed by atoms with Gasteiger partial charge in [0.1, 0.15) is 5.60 Å². The summed E-state index contributed by atoms with van der Waals surface area (Å²) in [6.45, 7) is 5.62. The number of hydrogen-bond acceptors (Lipinski definition) is 4. The van der Waals surface area contributed by atoms with Crippen LogP contribution in [0.1, 0.15) is 33.6 Å². The molecule has 1 heterocycles. The lowest BCUT2D eigenvalue weighted by atomic mass is 10.1. The number of aliphatic hydroxyl groups excluding tert-OH is 1. The Morgan fingerprint density at radius 1 is 1.62 bits per heavy atom. The summed E-state index contributed by atoms with van der Waals surface area (Å²) in [5.74, 6) is 0. The summed E-state index contributed by atoms with van der Waals surface area (Å²) in [7, 11) is 0. The summed E-state index contributed by atoms with van der Waals surface area (Å²) in [5, 5.41) is 18.1. The number of amides is 1. The molecule has 0 aromatic rings. The largest absolute Gasteiger partial charge is 0.444 e. The number of carbonyl (C=O) groups is 1. The third kappa shape index (κ3) is 3.38. The second kappa shape index (κ2) is 4.71. The number of nitrogens with zero attached hydrogens (tertiary/aromatic N) is 2. The van der Waals surface area contributed by atoms with E-state index in [4.69, 9.17) is 10.00 Å². The summed E-state index contributed by atoms with van der Waals surface area (Å²) in [6.07, 6.45) is -0.321. The van der Waals surface area contributed by atoms with Crippen LogP contribution in [0, 0.1) is 11.3 Å². The highest BCUT2D eigenvalue weighted by atomic mass is 16.6. The van der Waals surface area contributed by atoms with Gasteiger partial charge >= 0.3 is 6.09 Å². The number of aliphatic hydroxyl groups is 1. The highest BCUT2D eigenvalue weighted by molar-refractivity contribution is 5.69. The predicted octanol–water partition coefficient (Wildman–Crippen LogP) is 1.27. The lowest BCUT2D eigenvalue weighted by molar-refractivity contribution is 0.0211. The van der Waals surface area contributed by atoms with Gasteiger partial charge in [0.05, 0.1) is 31.2 Å². The number of carbonyl (C=O) groups excluding carboxylic acids is 1. The molecule has 1 saturated heterocycles. The van der Waals surface area contributed by atoms with Crippen LogP contribution in [0.4, 0.5) is 4.79 Å². The van der Waals surface area contributed by atoms with E-state index in [-0.39, 0.29) is 19.0 Å². The van der Waals surface area contributed by atoms with Crippen LogP contribution < -0.4 is 0 Å². The Labute approximate surface area is 95.6 Å². The number of nitriles is 1. The molecule has 0 aromatic carbocycles. The van der Waals surface area contributed by atoms with Crippen LogP contribution in [0.2, 0.25) is 0 Å². The first-order valence-electron chi connectivity index (χ1n) is 5.38. The number of ether oxygens (including phenoxy) is 1. The van der Waals surface area contributed by atoms with Crippen molar-refractivity contribution in [2.45, 2.75) is 51.4 Å². The van der Waals surface area contributed by atoms with Gasteiger partial charge < -0.3 is 14.7 Å². The summed E-state index contributed by atoms with van der Waals surface area (Å²) in [5.41, 5.74) is -0.554. The average molecular weight is 226 g/mol. The van der Waals surface area contributed by atoms with Crippen LogP contribution in [-0.2, 0) is 4.74 Å². The summed E-state index contributed by atoms with van der Waals surface area (Å²) in [6, 6.07) is 1.79. The Morgan fingerprint density at radius 2 is 2.25 bits per heavy atom. The van der Waals surface area contributed by atoms with E-state index in [1.54, 1.807) is 20.8 Å². The minimum Gasteiger partial charge on any atom is -0.444 e. The molecule has 5 nitrogen and oxygen atoms in total. The summed E-state index contributed by atoms with van der Waals surface area (Å²) < 4.78 is 5.21. The molecule has 1 amide bonds. The highest BCUT2D eigenvalue weighted by Gasteiger charge is 2.36. The molecule has 1 aliphatic heterocycles. The van der Waals surface area contributed by atoms with Crippen molar-refractivity contribution in [3.63, 3.8) is 0 Å². The SMILES string of the molecule is CC(C)(C)OC(=O)N1CC(O)CC1CC#N. The van der Waals surface area contributed by atoms with Crippen molar-refractivity contribution in [3.05, 3.63) is 0 Å². The van der Waals surface area contributed by atoms with Gasteiger partial charge in [-0.15, -0.1) is 0 Å². The monoisotopic (exact) mass is 226 g/mol. The molecule has 0 bridgehead atoms. The van der Waals surface area contributed by atoms with Crippen molar-refractivity contribution in [1.82, 2.24) is 4.90 Å². The van der Waals surface area contributed by atoms with Crippen molar-refractivity contribution < 1.29 is 14.6 Å². The molecular weight excluding hydrogens is 208 g/mol. The molecule has 1 N–H and O–H groups in total. The number of likely N-dealkylation sites (tertiary alicyclic amines) is 1. The van der Waals surface area contributed by atoms with Crippen LogP contribution in [0.25, 0.3) is 0 Å². The second-order valence-electron chi connectivity index (χ2n) is 5.04. The van der Waals surface area contributed by atoms with Crippen LogP contribution in [0.5, 0.6) is 0 Å². The Morgan fingerprint density at radius 3 is 2.75 bits per heavy atom. The highest BCUT2D eigenvalue weighted by Crippen LogP contribution is 2.22. The van der Waals surface area contributed by atoms with Crippen LogP contribution in [-0.4, -0.2) is 40.4 Å². The fourth-order valence-corrected chi connectivity index (χ4v) is 1.74. The summed E-state index contributed by atoms with van der Waals surface area (Å²) in [4.78, 5) is 13.2. The van der Waals surface area contributed by atoms with Gasteiger partial charge in [-0.05, 0) is 27.2 Å². The van der Waals surface area contributed by atoms with Crippen molar-refractivity contribution in [1.29, 1.82) is 5.26 Å². The normalized spacial score (nSPS) is 25.3. The average Bonchev–Trinajstić information content (AvgIpc) is 2.44. The Bertz CT molecular complexity index is 303. The molecule has 2 unspecified atom stereocenters. The van der Waals surface area contributed by atoms with Gasteiger partial charge in [-0.2, -0.15) is 5.26 Å². The molecule has 90 valence electrons. The van der Waals surface area contributed by atoms with E-state index in [1.165, 1.54) is 4.90 Å². The van der Waals surface area contributed by atoms with E-state index >= 15 is 0 Å². The summed E-state index contributed by atoms with van der Waals surface area (Å²) >= 11 is 0. The number of β-amino-alcohol motifs (C(OH)–C–C–N with tert-alkyl or cyclic N) is 1. The van der Waals surface area contributed by atoms with Crippen molar-refractivity contribution in [3.8, 4) is 6.07 Å². The first-order chi connectivity index (χ1) is 7.33. The molecule has 16 heavy (non-hydrogen) atoms. The molecular formula is C11H18N2O3. The first kappa shape index (κ1) is 12.8. The van der Waals surface area contributed by atoms with Gasteiger partial charge in [-0.1, -0.05) is 0 Å². The Kier molecular flexibility index (Phi) is 3.76. The maximum Gasteiger partial charge on any atom is 0.410 e. The van der Waals surface area contributed by atoms with Crippen LogP contribution >= 0.6 is 0 Å². The molecule has 0 aliphatic carbocycles. The van der Waals surface area contributed by atoms with E-state index in [9.17, 15) is 9.90 Å². The van der Waals surface area contributed by atoms with Gasteiger partial charge in [0.2, 0.25) is 0 Å². The zero-order valence-electron chi connectivity index (χ0n) is 9.93.